The average Bonchev–Trinajstić information content (AvgIpc) is 3.71. The molecule has 0 fully saturated rings. The lowest BCUT2D eigenvalue weighted by Gasteiger charge is -2.43. The summed E-state index contributed by atoms with van der Waals surface area (Å²) in [6.45, 7) is -0.0739. The van der Waals surface area contributed by atoms with E-state index in [-0.39, 0.29) is 18.3 Å². The molecule has 9 aromatic rings. The number of rotatable bonds is 3. The molecule has 7 aromatic carbocycles. The number of hydrogen-bond donors (Lipinski definition) is 0. The summed E-state index contributed by atoms with van der Waals surface area (Å²) in [5.74, 6) is -0.546. The van der Waals surface area contributed by atoms with Gasteiger partial charge >= 0.3 is 0 Å². The number of nitrogens with zero attached hydrogens (tertiary/aromatic N) is 3. The van der Waals surface area contributed by atoms with Crippen molar-refractivity contribution in [3.05, 3.63) is 169 Å². The molecular formula is C44H26BF2N3S. The minimum absolute atomic E-state index is 0.0739. The largest absolute Gasteiger partial charge is 0.311 e. The van der Waals surface area contributed by atoms with Crippen LogP contribution in [0, 0.1) is 11.6 Å². The SMILES string of the molecule is Fc1ccc(N2c3cc4c(cc3B3c5sc6ccccc6c5N(c5ccc(F)cc5)c5cccc2c53)c2ccccc2n4-c2ccccc2)cc1. The predicted molar refractivity (Wildman–Crippen MR) is 210 cm³/mol. The molecule has 0 radical (unpaired) electrons. The van der Waals surface area contributed by atoms with E-state index in [2.05, 4.69) is 117 Å². The number of para-hydroxylation sites is 2. The average molecular weight is 678 g/mol. The number of anilines is 6. The maximum Gasteiger partial charge on any atom is 0.264 e. The summed E-state index contributed by atoms with van der Waals surface area (Å²) in [6, 6.07) is 52.5. The van der Waals surface area contributed by atoms with E-state index in [0.29, 0.717) is 0 Å². The van der Waals surface area contributed by atoms with Crippen LogP contribution < -0.4 is 25.5 Å². The lowest BCUT2D eigenvalue weighted by Crippen LogP contribution is -2.60. The molecule has 0 N–H and O–H groups in total. The second-order valence-corrected chi connectivity index (χ2v) is 14.3. The fourth-order valence-corrected chi connectivity index (χ4v) is 9.73. The van der Waals surface area contributed by atoms with Gasteiger partial charge in [-0.1, -0.05) is 66.7 Å². The Hall–Kier alpha value is -6.18. The van der Waals surface area contributed by atoms with Crippen molar-refractivity contribution in [2.24, 2.45) is 0 Å². The van der Waals surface area contributed by atoms with E-state index in [1.807, 2.05) is 41.7 Å². The molecule has 0 saturated carbocycles. The molecule has 2 aliphatic heterocycles. The van der Waals surface area contributed by atoms with Crippen LogP contribution >= 0.6 is 11.3 Å². The summed E-state index contributed by atoms with van der Waals surface area (Å²) in [5, 5.41) is 3.53. The van der Waals surface area contributed by atoms with Crippen molar-refractivity contribution in [1.29, 1.82) is 0 Å². The van der Waals surface area contributed by atoms with Crippen LogP contribution in [0.15, 0.2) is 158 Å². The molecule has 2 aromatic heterocycles. The summed E-state index contributed by atoms with van der Waals surface area (Å²) in [4.78, 5) is 4.59. The Morgan fingerprint density at radius 3 is 1.84 bits per heavy atom. The molecular weight excluding hydrogens is 651 g/mol. The highest BCUT2D eigenvalue weighted by Crippen LogP contribution is 2.48. The van der Waals surface area contributed by atoms with Crippen molar-refractivity contribution in [3.8, 4) is 5.69 Å². The van der Waals surface area contributed by atoms with Crippen LogP contribution in [0.2, 0.25) is 0 Å². The second kappa shape index (κ2) is 10.7. The molecule has 0 unspecified atom stereocenters. The van der Waals surface area contributed by atoms with Crippen molar-refractivity contribution < 1.29 is 8.78 Å². The molecule has 51 heavy (non-hydrogen) atoms. The van der Waals surface area contributed by atoms with Gasteiger partial charge in [-0.05, 0) is 102 Å². The molecule has 4 heterocycles. The van der Waals surface area contributed by atoms with Crippen molar-refractivity contribution in [1.82, 2.24) is 4.57 Å². The third kappa shape index (κ3) is 4.04. The zero-order valence-electron chi connectivity index (χ0n) is 27.1. The number of fused-ring (bicyclic) bond motifs is 9. The van der Waals surface area contributed by atoms with Crippen LogP contribution in [0.1, 0.15) is 0 Å². The molecule has 240 valence electrons. The predicted octanol–water partition coefficient (Wildman–Crippen LogP) is 10.4. The summed E-state index contributed by atoms with van der Waals surface area (Å²) >= 11 is 1.82. The number of thiophene rings is 1. The monoisotopic (exact) mass is 677 g/mol. The van der Waals surface area contributed by atoms with E-state index in [0.717, 1.165) is 50.8 Å². The van der Waals surface area contributed by atoms with Crippen molar-refractivity contribution in [3.63, 3.8) is 0 Å². The van der Waals surface area contributed by atoms with Crippen LogP contribution in [0.4, 0.5) is 42.9 Å². The Morgan fingerprint density at radius 2 is 1.10 bits per heavy atom. The Kier molecular flexibility index (Phi) is 5.99. The first-order valence-corrected chi connectivity index (χ1v) is 17.8. The van der Waals surface area contributed by atoms with Gasteiger partial charge in [-0.15, -0.1) is 11.3 Å². The highest BCUT2D eigenvalue weighted by molar-refractivity contribution is 7.33. The van der Waals surface area contributed by atoms with Crippen molar-refractivity contribution in [2.45, 2.75) is 0 Å². The Balaban J connectivity index is 1.29. The lowest BCUT2D eigenvalue weighted by molar-refractivity contribution is 0.627. The van der Waals surface area contributed by atoms with Crippen LogP contribution in [0.3, 0.4) is 0 Å². The van der Waals surface area contributed by atoms with Crippen molar-refractivity contribution >= 4 is 99.8 Å². The molecule has 11 rings (SSSR count). The first-order valence-electron chi connectivity index (χ1n) is 17.0. The number of halogens is 2. The third-order valence-electron chi connectivity index (χ3n) is 10.5. The molecule has 2 aliphatic rings. The first-order chi connectivity index (χ1) is 25.1. The molecule has 0 saturated heterocycles. The fourth-order valence-electron chi connectivity index (χ4n) is 8.41. The summed E-state index contributed by atoms with van der Waals surface area (Å²) in [5.41, 5.74) is 11.7. The number of benzene rings is 7. The van der Waals surface area contributed by atoms with Gasteiger partial charge in [-0.25, -0.2) is 8.78 Å². The maximum atomic E-state index is 14.5. The smallest absolute Gasteiger partial charge is 0.264 e. The van der Waals surface area contributed by atoms with Gasteiger partial charge in [-0.2, -0.15) is 0 Å². The summed E-state index contributed by atoms with van der Waals surface area (Å²) < 4.78 is 33.6. The van der Waals surface area contributed by atoms with Crippen LogP contribution in [-0.2, 0) is 0 Å². The standard InChI is InChI=1S/C44H26BF2N3S/c46-27-17-21-30(22-18-27)49-37-14-8-15-38-42(37)45(44-43(33-12-5-7-16-41(33)51-44)50(38)31-23-19-28(47)20-24-31)35-25-34-32-11-4-6-13-36(32)48(39(34)26-40(35)49)29-9-2-1-3-10-29/h1-26H. The normalized spacial score (nSPS) is 13.2. The zero-order valence-corrected chi connectivity index (χ0v) is 27.9. The Morgan fingerprint density at radius 1 is 0.471 bits per heavy atom. The minimum Gasteiger partial charge on any atom is -0.311 e. The van der Waals surface area contributed by atoms with E-state index in [1.165, 1.54) is 60.8 Å². The zero-order chi connectivity index (χ0) is 33.8. The second-order valence-electron chi connectivity index (χ2n) is 13.2. The van der Waals surface area contributed by atoms with E-state index in [9.17, 15) is 8.78 Å². The van der Waals surface area contributed by atoms with Gasteiger partial charge in [0.15, 0.2) is 0 Å². The minimum atomic E-state index is -0.277. The van der Waals surface area contributed by atoms with Crippen LogP contribution in [0.5, 0.6) is 0 Å². The van der Waals surface area contributed by atoms with E-state index in [1.54, 1.807) is 0 Å². The molecule has 0 spiro atoms. The molecule has 7 heteroatoms. The maximum absolute atomic E-state index is 14.5. The van der Waals surface area contributed by atoms with E-state index in [4.69, 9.17) is 0 Å². The van der Waals surface area contributed by atoms with Gasteiger partial charge in [0, 0.05) is 59.8 Å². The van der Waals surface area contributed by atoms with Crippen LogP contribution in [0.25, 0.3) is 37.6 Å². The third-order valence-corrected chi connectivity index (χ3v) is 11.7. The van der Waals surface area contributed by atoms with Gasteiger partial charge in [-0.3, -0.25) is 0 Å². The molecule has 0 atom stereocenters. The highest BCUT2D eigenvalue weighted by Gasteiger charge is 2.45. The van der Waals surface area contributed by atoms with Gasteiger partial charge in [0.25, 0.3) is 6.71 Å². The lowest BCUT2D eigenvalue weighted by atomic mass is 9.36. The van der Waals surface area contributed by atoms with Gasteiger partial charge in [0.05, 0.1) is 16.7 Å². The van der Waals surface area contributed by atoms with E-state index >= 15 is 0 Å². The number of aromatic nitrogens is 1. The van der Waals surface area contributed by atoms with Crippen molar-refractivity contribution in [2.75, 3.05) is 9.80 Å². The van der Waals surface area contributed by atoms with Gasteiger partial charge in [0.2, 0.25) is 0 Å². The molecule has 3 nitrogen and oxygen atoms in total. The highest BCUT2D eigenvalue weighted by atomic mass is 32.1. The van der Waals surface area contributed by atoms with Gasteiger partial charge in [0.1, 0.15) is 11.6 Å². The molecule has 0 amide bonds. The van der Waals surface area contributed by atoms with E-state index < -0.39 is 0 Å². The molecule has 0 bridgehead atoms. The number of hydrogen-bond acceptors (Lipinski definition) is 3. The Bertz CT molecular complexity index is 2840. The first kappa shape index (κ1) is 28.6. The van der Waals surface area contributed by atoms with Crippen LogP contribution in [-0.4, -0.2) is 11.3 Å². The summed E-state index contributed by atoms with van der Waals surface area (Å²) in [7, 11) is 0. The molecule has 0 aliphatic carbocycles. The Labute approximate surface area is 296 Å². The quantitative estimate of drug-likeness (QED) is 0.173. The topological polar surface area (TPSA) is 11.4 Å². The fraction of sp³-hybridized carbons (Fsp3) is 0. The van der Waals surface area contributed by atoms with Gasteiger partial charge < -0.3 is 14.4 Å². The summed E-state index contributed by atoms with van der Waals surface area (Å²) in [6.07, 6.45) is 0.